The van der Waals surface area contributed by atoms with Crippen molar-refractivity contribution in [1.82, 2.24) is 24.1 Å². The number of nitrogens with one attached hydrogen (secondary N) is 1. The summed E-state index contributed by atoms with van der Waals surface area (Å²) in [6, 6.07) is -0.0500. The van der Waals surface area contributed by atoms with Gasteiger partial charge in [-0.05, 0) is 32.5 Å². The van der Waals surface area contributed by atoms with Crippen molar-refractivity contribution in [3.63, 3.8) is 0 Å². The number of aryl methyl sites for hydroxylation is 1. The maximum absolute atomic E-state index is 11.8. The fraction of sp³-hybridized carbons (Fsp3) is 0.588. The Labute approximate surface area is 165 Å². The highest BCUT2D eigenvalue weighted by Crippen LogP contribution is 2.26. The van der Waals surface area contributed by atoms with Crippen molar-refractivity contribution >= 4 is 22.1 Å². The van der Waals surface area contributed by atoms with Crippen molar-refractivity contribution in [2.45, 2.75) is 46.1 Å². The van der Waals surface area contributed by atoms with E-state index in [9.17, 15) is 8.42 Å². The van der Waals surface area contributed by atoms with Gasteiger partial charge in [-0.1, -0.05) is 6.08 Å². The Morgan fingerprint density at radius 3 is 2.81 bits per heavy atom. The molecule has 0 aromatic carbocycles. The summed E-state index contributed by atoms with van der Waals surface area (Å²) in [4.78, 5) is 1.22. The molecule has 0 bridgehead atoms. The predicted octanol–water partition coefficient (Wildman–Crippen LogP) is 0.445. The zero-order chi connectivity index (χ0) is 19.8. The third kappa shape index (κ3) is 4.22. The van der Waals surface area contributed by atoms with Crippen molar-refractivity contribution in [2.24, 2.45) is 0 Å². The van der Waals surface area contributed by atoms with Crippen LogP contribution in [-0.2, 0) is 29.6 Å². The smallest absolute Gasteiger partial charge is 0.202 e. The third-order valence-electron chi connectivity index (χ3n) is 5.05. The molecule has 1 fully saturated rings. The van der Waals surface area contributed by atoms with Crippen LogP contribution in [0.15, 0.2) is 19.0 Å². The molecule has 0 radical (unpaired) electrons. The molecule has 0 aliphatic carbocycles. The Morgan fingerprint density at radius 1 is 1.44 bits per heavy atom. The van der Waals surface area contributed by atoms with E-state index in [1.54, 1.807) is 12.4 Å². The lowest BCUT2D eigenvalue weighted by atomic mass is 10.2. The molecule has 148 valence electrons. The standard InChI is InChI=1S/C17H26N6O2S2/c1-5-7-21-11-18-22(17(21)26)12-20(4)9-16-13(2)19-23(14(16)3)15-6-8-27(24,25)10-15/h5,11,15H,1,6-10,12H2,2-4H3/p+1/t15-/m0/s1. The number of aromatic nitrogens is 5. The summed E-state index contributed by atoms with van der Waals surface area (Å²) in [6.45, 7) is 9.80. The van der Waals surface area contributed by atoms with Crippen LogP contribution in [0.25, 0.3) is 0 Å². The molecular weight excluding hydrogens is 384 g/mol. The number of quaternary nitrogens is 1. The maximum atomic E-state index is 11.8. The van der Waals surface area contributed by atoms with Gasteiger partial charge in [-0.2, -0.15) is 14.9 Å². The van der Waals surface area contributed by atoms with Gasteiger partial charge >= 0.3 is 0 Å². The Kier molecular flexibility index (Phi) is 5.68. The van der Waals surface area contributed by atoms with Crippen LogP contribution < -0.4 is 4.90 Å². The lowest BCUT2D eigenvalue weighted by Gasteiger charge is -2.15. The summed E-state index contributed by atoms with van der Waals surface area (Å²) in [6.07, 6.45) is 4.16. The lowest BCUT2D eigenvalue weighted by molar-refractivity contribution is -0.917. The molecule has 0 saturated carbocycles. The zero-order valence-electron chi connectivity index (χ0n) is 16.1. The molecule has 1 aliphatic heterocycles. The highest BCUT2D eigenvalue weighted by atomic mass is 32.2. The summed E-state index contributed by atoms with van der Waals surface area (Å²) in [7, 11) is -0.846. The fourth-order valence-electron chi connectivity index (χ4n) is 3.63. The van der Waals surface area contributed by atoms with Crippen LogP contribution in [0.4, 0.5) is 0 Å². The molecular formula is C17H27N6O2S2+. The van der Waals surface area contributed by atoms with Gasteiger partial charge in [0, 0.05) is 12.2 Å². The van der Waals surface area contributed by atoms with Gasteiger partial charge in [0.25, 0.3) is 0 Å². The first-order valence-electron chi connectivity index (χ1n) is 9.01. The Hall–Kier alpha value is -1.78. The normalized spacial score (nSPS) is 20.0. The predicted molar refractivity (Wildman–Crippen MR) is 106 cm³/mol. The largest absolute Gasteiger partial charge is 0.315 e. The summed E-state index contributed by atoms with van der Waals surface area (Å²) >= 11 is 5.45. The second-order valence-corrected chi connectivity index (χ2v) is 9.89. The van der Waals surface area contributed by atoms with Gasteiger partial charge in [0.15, 0.2) is 16.5 Å². The zero-order valence-corrected chi connectivity index (χ0v) is 17.7. The molecule has 3 rings (SSSR count). The first kappa shape index (κ1) is 20.0. The van der Waals surface area contributed by atoms with Gasteiger partial charge in [-0.3, -0.25) is 4.68 Å². The van der Waals surface area contributed by atoms with Crippen LogP contribution in [0.5, 0.6) is 0 Å². The Balaban J connectivity index is 1.74. The minimum absolute atomic E-state index is 0.0500. The van der Waals surface area contributed by atoms with Crippen LogP contribution >= 0.6 is 12.2 Å². The summed E-state index contributed by atoms with van der Waals surface area (Å²) in [5.41, 5.74) is 3.17. The highest BCUT2D eigenvalue weighted by molar-refractivity contribution is 7.91. The van der Waals surface area contributed by atoms with Crippen molar-refractivity contribution in [1.29, 1.82) is 0 Å². The average molecular weight is 412 g/mol. The molecule has 1 aliphatic rings. The van der Waals surface area contributed by atoms with Gasteiger partial charge in [0.05, 0.1) is 35.9 Å². The van der Waals surface area contributed by atoms with Gasteiger partial charge in [-0.25, -0.2) is 8.42 Å². The number of hydrogen-bond acceptors (Lipinski definition) is 5. The SMILES string of the molecule is C=CCn1cnn(C[NH+](C)Cc2c(C)nn([C@H]3CCS(=O)(=O)C3)c2C)c1=S. The molecule has 10 heteroatoms. The van der Waals surface area contributed by atoms with Crippen molar-refractivity contribution in [3.05, 3.63) is 40.7 Å². The topological polar surface area (TPSA) is 79.2 Å². The molecule has 2 atom stereocenters. The van der Waals surface area contributed by atoms with Gasteiger partial charge in [0.2, 0.25) is 4.77 Å². The summed E-state index contributed by atoms with van der Waals surface area (Å²) in [5, 5.41) is 9.01. The molecule has 3 heterocycles. The van der Waals surface area contributed by atoms with E-state index < -0.39 is 9.84 Å². The number of nitrogens with zero attached hydrogens (tertiary/aromatic N) is 5. The summed E-state index contributed by atoms with van der Waals surface area (Å²) < 4.78 is 29.9. The van der Waals surface area contributed by atoms with E-state index >= 15 is 0 Å². The van der Waals surface area contributed by atoms with E-state index in [1.165, 1.54) is 4.90 Å². The molecule has 27 heavy (non-hydrogen) atoms. The minimum atomic E-state index is -2.93. The van der Waals surface area contributed by atoms with E-state index in [-0.39, 0.29) is 17.5 Å². The molecule has 0 amide bonds. The first-order chi connectivity index (χ1) is 12.7. The van der Waals surface area contributed by atoms with Crippen molar-refractivity contribution < 1.29 is 13.3 Å². The molecule has 8 nitrogen and oxygen atoms in total. The van der Waals surface area contributed by atoms with Crippen LogP contribution in [0.3, 0.4) is 0 Å². The van der Waals surface area contributed by atoms with E-state index in [2.05, 4.69) is 23.8 Å². The molecule has 2 aromatic heterocycles. The Morgan fingerprint density at radius 2 is 2.19 bits per heavy atom. The van der Waals surface area contributed by atoms with Gasteiger partial charge < -0.3 is 9.47 Å². The second-order valence-electron chi connectivity index (χ2n) is 7.30. The molecule has 0 spiro atoms. The average Bonchev–Trinajstić information content (AvgIpc) is 3.21. The van der Waals surface area contributed by atoms with Crippen LogP contribution in [0.1, 0.15) is 29.4 Å². The highest BCUT2D eigenvalue weighted by Gasteiger charge is 2.31. The van der Waals surface area contributed by atoms with Crippen LogP contribution in [-0.4, -0.2) is 51.1 Å². The third-order valence-corrected chi connectivity index (χ3v) is 7.25. The monoisotopic (exact) mass is 411 g/mol. The van der Waals surface area contributed by atoms with Gasteiger partial charge in [0.1, 0.15) is 12.9 Å². The fourth-order valence-corrected chi connectivity index (χ4v) is 5.56. The van der Waals surface area contributed by atoms with Crippen molar-refractivity contribution in [2.75, 3.05) is 18.6 Å². The van der Waals surface area contributed by atoms with E-state index in [0.29, 0.717) is 24.4 Å². The van der Waals surface area contributed by atoms with Crippen LogP contribution in [0, 0.1) is 18.6 Å². The second kappa shape index (κ2) is 7.69. The minimum Gasteiger partial charge on any atom is -0.315 e. The lowest BCUT2D eigenvalue weighted by Crippen LogP contribution is -3.07. The number of rotatable bonds is 7. The molecule has 1 unspecified atom stereocenters. The first-order valence-corrected chi connectivity index (χ1v) is 11.2. The molecule has 1 N–H and O–H groups in total. The summed E-state index contributed by atoms with van der Waals surface area (Å²) in [5.74, 6) is 0.440. The number of hydrogen-bond donors (Lipinski definition) is 1. The molecule has 1 saturated heterocycles. The maximum Gasteiger partial charge on any atom is 0.202 e. The number of sulfone groups is 1. The van der Waals surface area contributed by atoms with E-state index in [4.69, 9.17) is 12.2 Å². The van der Waals surface area contributed by atoms with E-state index in [1.807, 2.05) is 27.8 Å². The van der Waals surface area contributed by atoms with Crippen LogP contribution in [0.2, 0.25) is 0 Å². The Bertz CT molecular complexity index is 1000. The number of allylic oxidation sites excluding steroid dienone is 1. The van der Waals surface area contributed by atoms with Crippen molar-refractivity contribution in [3.8, 4) is 0 Å². The van der Waals surface area contributed by atoms with E-state index in [0.717, 1.165) is 23.5 Å². The molecule has 2 aromatic rings. The quantitative estimate of drug-likeness (QED) is 0.529. The van der Waals surface area contributed by atoms with Gasteiger partial charge in [-0.15, -0.1) is 6.58 Å².